The quantitative estimate of drug-likeness (QED) is 0.519. The third-order valence-electron chi connectivity index (χ3n) is 5.26. The summed E-state index contributed by atoms with van der Waals surface area (Å²) in [7, 11) is -4.44. The van der Waals surface area contributed by atoms with Gasteiger partial charge in [-0.3, -0.25) is 9.62 Å². The van der Waals surface area contributed by atoms with Gasteiger partial charge in [0.25, 0.3) is 10.0 Å². The van der Waals surface area contributed by atoms with Crippen LogP contribution in [0.3, 0.4) is 0 Å². The van der Waals surface area contributed by atoms with Crippen molar-refractivity contribution in [2.75, 3.05) is 23.1 Å². The van der Waals surface area contributed by atoms with E-state index in [0.717, 1.165) is 54.2 Å². The number of sulfonamides is 1. The van der Waals surface area contributed by atoms with Gasteiger partial charge in [0.05, 0.1) is 5.51 Å². The standard InChI is InChI=1S/C21H22F2N4O2S2/c1-14-4-2-5-15(11-27-6-3-7-27)17(14)10-24-16-8-18(22)21(19(23)9-16)31(28,29)26-20-12-30-13-25-20/h2,4-5,8-9,12-13,24,26H,3,6-7,10-11H2,1H3. The van der Waals surface area contributed by atoms with E-state index >= 15 is 0 Å². The average Bonchev–Trinajstić information content (AvgIpc) is 3.15. The normalized spacial score (nSPS) is 14.3. The van der Waals surface area contributed by atoms with Gasteiger partial charge in [0, 0.05) is 24.2 Å². The molecule has 0 saturated carbocycles. The Morgan fingerprint density at radius 1 is 1.19 bits per heavy atom. The number of aromatic nitrogens is 1. The van der Waals surface area contributed by atoms with Gasteiger partial charge >= 0.3 is 0 Å². The van der Waals surface area contributed by atoms with Crippen molar-refractivity contribution in [2.24, 2.45) is 0 Å². The maximum absolute atomic E-state index is 14.6. The Morgan fingerprint density at radius 3 is 2.55 bits per heavy atom. The van der Waals surface area contributed by atoms with Gasteiger partial charge in [0.15, 0.2) is 10.7 Å². The second-order valence-electron chi connectivity index (χ2n) is 7.44. The minimum absolute atomic E-state index is 0.0142. The van der Waals surface area contributed by atoms with Crippen LogP contribution < -0.4 is 10.0 Å². The summed E-state index contributed by atoms with van der Waals surface area (Å²) in [5.41, 5.74) is 4.90. The molecule has 1 aliphatic rings. The lowest BCUT2D eigenvalue weighted by molar-refractivity contribution is 0.172. The highest BCUT2D eigenvalue weighted by Gasteiger charge is 2.26. The number of halogens is 2. The van der Waals surface area contributed by atoms with Gasteiger partial charge in [0.2, 0.25) is 0 Å². The SMILES string of the molecule is Cc1cccc(CN2CCC2)c1CNc1cc(F)c(S(=O)(=O)Nc2cscn2)c(F)c1. The minimum Gasteiger partial charge on any atom is -0.381 e. The molecule has 4 rings (SSSR count). The van der Waals surface area contributed by atoms with Gasteiger partial charge in [-0.1, -0.05) is 18.2 Å². The first kappa shape index (κ1) is 21.7. The number of hydrogen-bond acceptors (Lipinski definition) is 6. The summed E-state index contributed by atoms with van der Waals surface area (Å²) < 4.78 is 56.1. The van der Waals surface area contributed by atoms with Crippen LogP contribution in [0.5, 0.6) is 0 Å². The van der Waals surface area contributed by atoms with Crippen molar-refractivity contribution < 1.29 is 17.2 Å². The second kappa shape index (κ2) is 8.89. The van der Waals surface area contributed by atoms with Crippen molar-refractivity contribution >= 4 is 32.9 Å². The van der Waals surface area contributed by atoms with E-state index in [1.54, 1.807) is 0 Å². The predicted molar refractivity (Wildman–Crippen MR) is 118 cm³/mol. The number of benzene rings is 2. The second-order valence-corrected chi connectivity index (χ2v) is 9.78. The number of rotatable bonds is 8. The summed E-state index contributed by atoms with van der Waals surface area (Å²) in [6, 6.07) is 8.04. The van der Waals surface area contributed by atoms with Crippen LogP contribution in [0.1, 0.15) is 23.1 Å². The van der Waals surface area contributed by atoms with Gasteiger partial charge < -0.3 is 5.32 Å². The molecule has 31 heavy (non-hydrogen) atoms. The number of thiazole rings is 1. The number of anilines is 2. The monoisotopic (exact) mass is 464 g/mol. The number of nitrogens with one attached hydrogen (secondary N) is 2. The smallest absolute Gasteiger partial charge is 0.268 e. The molecule has 1 saturated heterocycles. The van der Waals surface area contributed by atoms with Crippen LogP contribution in [-0.4, -0.2) is 31.4 Å². The van der Waals surface area contributed by atoms with Crippen LogP contribution in [0.2, 0.25) is 0 Å². The largest absolute Gasteiger partial charge is 0.381 e. The topological polar surface area (TPSA) is 74.3 Å². The van der Waals surface area contributed by atoms with Crippen molar-refractivity contribution in [1.82, 2.24) is 9.88 Å². The molecule has 3 aromatic rings. The highest BCUT2D eigenvalue weighted by Crippen LogP contribution is 2.26. The van der Waals surface area contributed by atoms with Crippen LogP contribution in [0, 0.1) is 18.6 Å². The van der Waals surface area contributed by atoms with Crippen LogP contribution in [0.4, 0.5) is 20.3 Å². The zero-order valence-corrected chi connectivity index (χ0v) is 18.5. The molecule has 1 aromatic heterocycles. The van der Waals surface area contributed by atoms with E-state index in [4.69, 9.17) is 0 Å². The van der Waals surface area contributed by atoms with E-state index < -0.39 is 26.6 Å². The number of hydrogen-bond donors (Lipinski definition) is 2. The Hall–Kier alpha value is -2.56. The molecule has 2 aromatic carbocycles. The molecule has 164 valence electrons. The van der Waals surface area contributed by atoms with E-state index in [2.05, 4.69) is 26.0 Å². The van der Waals surface area contributed by atoms with Gasteiger partial charge in [-0.15, -0.1) is 11.3 Å². The Morgan fingerprint density at radius 2 is 1.94 bits per heavy atom. The fourth-order valence-electron chi connectivity index (χ4n) is 3.51. The van der Waals surface area contributed by atoms with Crippen LogP contribution >= 0.6 is 11.3 Å². The van der Waals surface area contributed by atoms with Crippen molar-refractivity contribution in [1.29, 1.82) is 0 Å². The van der Waals surface area contributed by atoms with Crippen molar-refractivity contribution in [2.45, 2.75) is 31.3 Å². The lowest BCUT2D eigenvalue weighted by Gasteiger charge is -2.31. The molecular formula is C21H22F2N4O2S2. The lowest BCUT2D eigenvalue weighted by Crippen LogP contribution is -2.36. The summed E-state index contributed by atoms with van der Waals surface area (Å²) in [6.45, 7) is 5.35. The summed E-state index contributed by atoms with van der Waals surface area (Å²) in [5.74, 6) is -2.33. The van der Waals surface area contributed by atoms with E-state index in [0.29, 0.717) is 6.54 Å². The molecule has 1 fully saturated rings. The fourth-order valence-corrected chi connectivity index (χ4v) is 5.18. The molecule has 0 unspecified atom stereocenters. The molecule has 0 atom stereocenters. The summed E-state index contributed by atoms with van der Waals surface area (Å²) in [4.78, 5) is 5.09. The molecular weight excluding hydrogens is 442 g/mol. The maximum atomic E-state index is 14.6. The molecule has 0 amide bonds. The average molecular weight is 465 g/mol. The summed E-state index contributed by atoms with van der Waals surface area (Å²) >= 11 is 1.16. The van der Waals surface area contributed by atoms with E-state index in [9.17, 15) is 17.2 Å². The van der Waals surface area contributed by atoms with Crippen molar-refractivity contribution in [3.8, 4) is 0 Å². The van der Waals surface area contributed by atoms with Gasteiger partial charge in [0.1, 0.15) is 11.6 Å². The fraction of sp³-hybridized carbons (Fsp3) is 0.286. The zero-order chi connectivity index (χ0) is 22.0. The van der Waals surface area contributed by atoms with Gasteiger partial charge in [-0.2, -0.15) is 0 Å². The van der Waals surface area contributed by atoms with Gasteiger partial charge in [-0.05, 0) is 55.3 Å². The van der Waals surface area contributed by atoms with Crippen LogP contribution in [0.15, 0.2) is 46.1 Å². The third-order valence-corrected chi connectivity index (χ3v) is 7.25. The maximum Gasteiger partial charge on any atom is 0.268 e. The highest BCUT2D eigenvalue weighted by atomic mass is 32.2. The summed E-state index contributed by atoms with van der Waals surface area (Å²) in [5, 5.41) is 4.47. The number of likely N-dealkylation sites (tertiary alicyclic amines) is 1. The number of nitrogens with zero attached hydrogens (tertiary/aromatic N) is 2. The van der Waals surface area contributed by atoms with Crippen LogP contribution in [0.25, 0.3) is 0 Å². The molecule has 0 spiro atoms. The van der Waals surface area contributed by atoms with E-state index in [1.807, 2.05) is 19.1 Å². The first-order valence-corrected chi connectivity index (χ1v) is 12.2. The predicted octanol–water partition coefficient (Wildman–Crippen LogP) is 4.35. The van der Waals surface area contributed by atoms with Crippen molar-refractivity contribution in [3.05, 3.63) is 69.5 Å². The van der Waals surface area contributed by atoms with E-state index in [-0.39, 0.29) is 11.5 Å². The molecule has 0 bridgehead atoms. The minimum atomic E-state index is -4.44. The molecule has 0 radical (unpaired) electrons. The molecule has 1 aliphatic heterocycles. The molecule has 2 N–H and O–H groups in total. The molecule has 6 nitrogen and oxygen atoms in total. The molecule has 2 heterocycles. The van der Waals surface area contributed by atoms with Gasteiger partial charge in [-0.25, -0.2) is 22.2 Å². The number of aryl methyl sites for hydroxylation is 1. The lowest BCUT2D eigenvalue weighted by atomic mass is 10.00. The highest BCUT2D eigenvalue weighted by molar-refractivity contribution is 7.92. The Labute approximate surface area is 184 Å². The van der Waals surface area contributed by atoms with Crippen molar-refractivity contribution in [3.63, 3.8) is 0 Å². The Kier molecular flexibility index (Phi) is 6.22. The Bertz CT molecular complexity index is 1160. The van der Waals surface area contributed by atoms with Crippen LogP contribution in [-0.2, 0) is 23.1 Å². The first-order valence-electron chi connectivity index (χ1n) is 9.77. The molecule has 0 aliphatic carbocycles. The first-order chi connectivity index (χ1) is 14.8. The Balaban J connectivity index is 1.53. The molecule has 10 heteroatoms. The summed E-state index contributed by atoms with van der Waals surface area (Å²) in [6.07, 6.45) is 1.20. The van der Waals surface area contributed by atoms with E-state index in [1.165, 1.54) is 22.9 Å². The third kappa shape index (κ3) is 4.86. The zero-order valence-electron chi connectivity index (χ0n) is 16.9.